The molecule has 2 rings (SSSR count). The molecule has 23 heavy (non-hydrogen) atoms. The van der Waals surface area contributed by atoms with Crippen LogP contribution in [0.25, 0.3) is 10.7 Å². The normalized spacial score (nSPS) is 12.9. The Hall–Kier alpha value is -2.00. The van der Waals surface area contributed by atoms with Gasteiger partial charge < -0.3 is 10.4 Å². The molecule has 0 unspecified atom stereocenters. The number of alkyl halides is 3. The number of pyridine rings is 1. The number of rotatable bonds is 6. The number of thiazole rings is 1. The summed E-state index contributed by atoms with van der Waals surface area (Å²) in [4.78, 5) is 20.1. The first-order valence-corrected chi connectivity index (χ1v) is 7.61. The number of aliphatic hydroxyl groups is 1. The van der Waals surface area contributed by atoms with Crippen molar-refractivity contribution in [1.82, 2.24) is 15.3 Å². The number of hydrogen-bond acceptors (Lipinski definition) is 5. The van der Waals surface area contributed by atoms with Crippen LogP contribution in [0.2, 0.25) is 0 Å². The van der Waals surface area contributed by atoms with Crippen LogP contribution in [-0.4, -0.2) is 39.8 Å². The lowest BCUT2D eigenvalue weighted by Gasteiger charge is -2.20. The van der Waals surface area contributed by atoms with Gasteiger partial charge in [-0.1, -0.05) is 6.07 Å². The van der Waals surface area contributed by atoms with E-state index in [9.17, 15) is 18.0 Å². The molecule has 2 aromatic rings. The largest absolute Gasteiger partial charge is 0.408 e. The summed E-state index contributed by atoms with van der Waals surface area (Å²) >= 11 is 1.26. The van der Waals surface area contributed by atoms with Crippen LogP contribution in [0.5, 0.6) is 0 Å². The molecule has 2 heterocycles. The molecule has 0 saturated heterocycles. The van der Waals surface area contributed by atoms with E-state index >= 15 is 0 Å². The average molecular weight is 345 g/mol. The molecule has 2 aromatic heterocycles. The van der Waals surface area contributed by atoms with Crippen LogP contribution in [-0.2, 0) is 11.2 Å². The van der Waals surface area contributed by atoms with Gasteiger partial charge in [0.2, 0.25) is 5.91 Å². The summed E-state index contributed by atoms with van der Waals surface area (Å²) in [6.45, 7) is -0.662. The summed E-state index contributed by atoms with van der Waals surface area (Å²) in [7, 11) is 0. The van der Waals surface area contributed by atoms with Crippen LogP contribution < -0.4 is 5.32 Å². The third kappa shape index (κ3) is 5.00. The van der Waals surface area contributed by atoms with Crippen molar-refractivity contribution < 1.29 is 23.1 Å². The van der Waals surface area contributed by atoms with Crippen LogP contribution in [0.15, 0.2) is 29.8 Å². The molecule has 124 valence electrons. The maximum absolute atomic E-state index is 12.7. The number of hydrogen-bond donors (Lipinski definition) is 2. The molecule has 5 nitrogen and oxygen atoms in total. The molecule has 0 aliphatic rings. The molecule has 0 fully saturated rings. The second-order valence-corrected chi connectivity index (χ2v) is 5.57. The van der Waals surface area contributed by atoms with Gasteiger partial charge in [0.05, 0.1) is 17.8 Å². The lowest BCUT2D eigenvalue weighted by Crippen LogP contribution is -2.46. The van der Waals surface area contributed by atoms with Crippen LogP contribution >= 0.6 is 11.3 Å². The highest BCUT2D eigenvalue weighted by molar-refractivity contribution is 7.13. The number of nitrogens with one attached hydrogen (secondary N) is 1. The van der Waals surface area contributed by atoms with Gasteiger partial charge >= 0.3 is 6.18 Å². The van der Waals surface area contributed by atoms with Gasteiger partial charge in [0.15, 0.2) is 0 Å². The van der Waals surface area contributed by atoms with E-state index in [2.05, 4.69) is 9.97 Å². The standard InChI is InChI=1S/C14H14F3N3O2S/c15-14(16,17)11(4-6-21)20-12(22)7-9-8-23-13(19-9)10-3-1-2-5-18-10/h1-3,5,8,11,21H,4,6-7H2,(H,20,22)/t11-/m1/s1. The first-order valence-electron chi connectivity index (χ1n) is 6.73. The maximum atomic E-state index is 12.7. The molecule has 1 amide bonds. The van der Waals surface area contributed by atoms with E-state index in [4.69, 9.17) is 5.11 Å². The Morgan fingerprint density at radius 2 is 2.17 bits per heavy atom. The topological polar surface area (TPSA) is 75.1 Å². The highest BCUT2D eigenvalue weighted by atomic mass is 32.1. The van der Waals surface area contributed by atoms with Crippen molar-refractivity contribution in [3.05, 3.63) is 35.5 Å². The minimum absolute atomic E-state index is 0.263. The van der Waals surface area contributed by atoms with Gasteiger partial charge in [0.1, 0.15) is 11.0 Å². The fourth-order valence-electron chi connectivity index (χ4n) is 1.85. The Labute approximate surface area is 134 Å². The highest BCUT2D eigenvalue weighted by Gasteiger charge is 2.40. The third-order valence-corrected chi connectivity index (χ3v) is 3.84. The van der Waals surface area contributed by atoms with E-state index in [1.54, 1.807) is 29.8 Å². The summed E-state index contributed by atoms with van der Waals surface area (Å²) in [5.41, 5.74) is 1.01. The number of carbonyl (C=O) groups excluding carboxylic acids is 1. The second-order valence-electron chi connectivity index (χ2n) is 4.71. The van der Waals surface area contributed by atoms with Crippen LogP contribution in [0, 0.1) is 0 Å². The molecular formula is C14H14F3N3O2S. The fraction of sp³-hybridized carbons (Fsp3) is 0.357. The molecule has 9 heteroatoms. The van der Waals surface area contributed by atoms with Crippen LogP contribution in [0.1, 0.15) is 12.1 Å². The van der Waals surface area contributed by atoms with Crippen LogP contribution in [0.4, 0.5) is 13.2 Å². The maximum Gasteiger partial charge on any atom is 0.408 e. The Morgan fingerprint density at radius 3 is 2.78 bits per heavy atom. The molecule has 0 spiro atoms. The number of carbonyl (C=O) groups is 1. The first-order chi connectivity index (χ1) is 10.9. The number of amides is 1. The van der Waals surface area contributed by atoms with E-state index in [1.165, 1.54) is 11.3 Å². The van der Waals surface area contributed by atoms with E-state index < -0.39 is 31.2 Å². The zero-order valence-electron chi connectivity index (χ0n) is 11.9. The van der Waals surface area contributed by atoms with Crippen molar-refractivity contribution >= 4 is 17.2 Å². The molecule has 0 bridgehead atoms. The Bertz CT molecular complexity index is 646. The third-order valence-electron chi connectivity index (χ3n) is 2.93. The molecule has 2 N–H and O–H groups in total. The van der Waals surface area contributed by atoms with Crippen molar-refractivity contribution in [2.45, 2.75) is 25.1 Å². The van der Waals surface area contributed by atoms with Crippen molar-refractivity contribution in [2.24, 2.45) is 0 Å². The molecule has 0 aliphatic carbocycles. The van der Waals surface area contributed by atoms with E-state index in [-0.39, 0.29) is 6.42 Å². The van der Waals surface area contributed by atoms with Gasteiger partial charge in [0.25, 0.3) is 0 Å². The summed E-state index contributed by atoms with van der Waals surface area (Å²) in [6, 6.07) is 3.24. The summed E-state index contributed by atoms with van der Waals surface area (Å²) in [5.74, 6) is -0.793. The molecular weight excluding hydrogens is 331 g/mol. The molecule has 0 radical (unpaired) electrons. The number of aromatic nitrogens is 2. The van der Waals surface area contributed by atoms with E-state index in [1.807, 2.05) is 5.32 Å². The predicted molar refractivity (Wildman–Crippen MR) is 78.7 cm³/mol. The minimum Gasteiger partial charge on any atom is -0.396 e. The van der Waals surface area contributed by atoms with E-state index in [0.29, 0.717) is 16.4 Å². The first kappa shape index (κ1) is 17.4. The Kier molecular flexibility index (Phi) is 5.67. The highest BCUT2D eigenvalue weighted by Crippen LogP contribution is 2.23. The van der Waals surface area contributed by atoms with Gasteiger partial charge in [-0.25, -0.2) is 4.98 Å². The van der Waals surface area contributed by atoms with E-state index in [0.717, 1.165) is 0 Å². The number of nitrogens with zero attached hydrogens (tertiary/aromatic N) is 2. The lowest BCUT2D eigenvalue weighted by atomic mass is 10.2. The smallest absolute Gasteiger partial charge is 0.396 e. The molecule has 1 atom stereocenters. The SMILES string of the molecule is O=C(Cc1csc(-c2ccccn2)n1)N[C@H](CCO)C(F)(F)F. The van der Waals surface area contributed by atoms with Gasteiger partial charge in [-0.15, -0.1) is 11.3 Å². The van der Waals surface area contributed by atoms with Crippen molar-refractivity contribution in [3.63, 3.8) is 0 Å². The summed E-state index contributed by atoms with van der Waals surface area (Å²) < 4.78 is 38.1. The van der Waals surface area contributed by atoms with Gasteiger partial charge in [-0.3, -0.25) is 9.78 Å². The van der Waals surface area contributed by atoms with Crippen molar-refractivity contribution in [3.8, 4) is 10.7 Å². The summed E-state index contributed by atoms with van der Waals surface area (Å²) in [5, 5.41) is 12.7. The summed E-state index contributed by atoms with van der Waals surface area (Å²) in [6.07, 6.45) is -3.83. The quantitative estimate of drug-likeness (QED) is 0.841. The zero-order chi connectivity index (χ0) is 16.9. The van der Waals surface area contributed by atoms with Crippen LogP contribution in [0.3, 0.4) is 0 Å². The molecule has 0 aromatic carbocycles. The second kappa shape index (κ2) is 7.51. The monoisotopic (exact) mass is 345 g/mol. The number of halogens is 3. The van der Waals surface area contributed by atoms with Crippen molar-refractivity contribution in [1.29, 1.82) is 0 Å². The Balaban J connectivity index is 1.99. The Morgan fingerprint density at radius 1 is 1.39 bits per heavy atom. The van der Waals surface area contributed by atoms with Gasteiger partial charge in [-0.05, 0) is 18.6 Å². The number of aliphatic hydroxyl groups excluding tert-OH is 1. The molecule has 0 aliphatic heterocycles. The molecule has 0 saturated carbocycles. The van der Waals surface area contributed by atoms with Crippen molar-refractivity contribution in [2.75, 3.05) is 6.61 Å². The predicted octanol–water partition coefficient (Wildman–Crippen LogP) is 2.18. The fourth-order valence-corrected chi connectivity index (χ4v) is 2.65. The minimum atomic E-state index is -4.60. The average Bonchev–Trinajstić information content (AvgIpc) is 2.95. The van der Waals surface area contributed by atoms with Gasteiger partial charge in [0, 0.05) is 18.2 Å². The van der Waals surface area contributed by atoms with Gasteiger partial charge in [-0.2, -0.15) is 13.2 Å². The lowest BCUT2D eigenvalue weighted by molar-refractivity contribution is -0.164. The zero-order valence-corrected chi connectivity index (χ0v) is 12.7.